The summed E-state index contributed by atoms with van der Waals surface area (Å²) >= 11 is 5.96. The van der Waals surface area contributed by atoms with Crippen molar-refractivity contribution in [3.63, 3.8) is 0 Å². The Labute approximate surface area is 214 Å². The monoisotopic (exact) mass is 514 g/mol. The summed E-state index contributed by atoms with van der Waals surface area (Å²) in [5.41, 5.74) is 5.03. The van der Waals surface area contributed by atoms with E-state index in [1.807, 2.05) is 31.2 Å². The van der Waals surface area contributed by atoms with Crippen LogP contribution >= 0.6 is 46.2 Å². The molecule has 0 spiro atoms. The fourth-order valence-electron chi connectivity index (χ4n) is 4.19. The molecule has 6 rings (SSSR count). The first-order valence-corrected chi connectivity index (χ1v) is 14.0. The van der Waals surface area contributed by atoms with Crippen LogP contribution in [0.1, 0.15) is 31.3 Å². The van der Waals surface area contributed by atoms with Gasteiger partial charge in [-0.05, 0) is 97.0 Å². The summed E-state index contributed by atoms with van der Waals surface area (Å²) in [4.78, 5) is 32.7. The van der Waals surface area contributed by atoms with E-state index in [4.69, 9.17) is 0 Å². The second kappa shape index (κ2) is 8.54. The molecule has 0 N–H and O–H groups in total. The quantitative estimate of drug-likeness (QED) is 0.257. The van der Waals surface area contributed by atoms with E-state index in [0.29, 0.717) is 11.1 Å². The molecule has 4 heterocycles. The van der Waals surface area contributed by atoms with Gasteiger partial charge in [0, 0.05) is 51.6 Å². The molecule has 0 amide bonds. The van der Waals surface area contributed by atoms with E-state index in [-0.39, 0.29) is 10.2 Å². The molecule has 0 fully saturated rings. The lowest BCUT2D eigenvalue weighted by Crippen LogP contribution is -1.99. The summed E-state index contributed by atoms with van der Waals surface area (Å²) in [5.74, 6) is 0. The van der Waals surface area contributed by atoms with Crippen molar-refractivity contribution in [2.75, 3.05) is 0 Å². The molecule has 0 atom stereocenters. The maximum absolute atomic E-state index is 13.1. The molecule has 2 nitrogen and oxygen atoms in total. The van der Waals surface area contributed by atoms with Gasteiger partial charge in [-0.25, -0.2) is 0 Å². The third-order valence-corrected chi connectivity index (χ3v) is 9.77. The summed E-state index contributed by atoms with van der Waals surface area (Å²) in [7, 11) is 0. The zero-order valence-corrected chi connectivity index (χ0v) is 21.6. The van der Waals surface area contributed by atoms with Gasteiger partial charge >= 0.3 is 0 Å². The number of rotatable bonds is 3. The minimum Gasteiger partial charge on any atom is -0.281 e. The summed E-state index contributed by atoms with van der Waals surface area (Å²) in [6, 6.07) is 20.6. The van der Waals surface area contributed by atoms with Crippen LogP contribution < -0.4 is 0 Å². The molecule has 2 aromatic carbocycles. The Morgan fingerprint density at radius 1 is 0.647 bits per heavy atom. The maximum Gasteiger partial charge on any atom is 0.225 e. The summed E-state index contributed by atoms with van der Waals surface area (Å²) in [6.07, 6.45) is 4.30. The van der Waals surface area contributed by atoms with Crippen molar-refractivity contribution in [3.05, 3.63) is 92.0 Å². The van der Waals surface area contributed by atoms with Crippen molar-refractivity contribution in [1.82, 2.24) is 0 Å². The van der Waals surface area contributed by atoms with Gasteiger partial charge < -0.3 is 0 Å². The maximum atomic E-state index is 13.1. The standard InChI is InChI=1S/C28H18O2S4/c1-15-3-10-20-23(13-15)33-27(29)25(20)26-21-11-5-17(14-24(21)34-28(26)30)22-12-9-19(32-22)8-7-18-6-4-16(2)31-18/h3-14H,1-2H3/b8-7+,26-25+. The summed E-state index contributed by atoms with van der Waals surface area (Å²) < 4.78 is 0. The highest BCUT2D eigenvalue weighted by atomic mass is 32.2. The summed E-state index contributed by atoms with van der Waals surface area (Å²) in [6.45, 7) is 4.13. The number of carbonyl (C=O) groups excluding carboxylic acids is 2. The van der Waals surface area contributed by atoms with Crippen molar-refractivity contribution in [2.45, 2.75) is 23.6 Å². The number of carbonyl (C=O) groups is 2. The van der Waals surface area contributed by atoms with Crippen molar-refractivity contribution in [2.24, 2.45) is 0 Å². The van der Waals surface area contributed by atoms with Crippen LogP contribution in [0.3, 0.4) is 0 Å². The van der Waals surface area contributed by atoms with E-state index in [0.717, 1.165) is 36.9 Å². The van der Waals surface area contributed by atoms with Crippen molar-refractivity contribution >= 4 is 79.7 Å². The molecule has 166 valence electrons. The van der Waals surface area contributed by atoms with Crippen LogP contribution in [-0.4, -0.2) is 10.2 Å². The van der Waals surface area contributed by atoms with Crippen LogP contribution in [0, 0.1) is 13.8 Å². The smallest absolute Gasteiger partial charge is 0.225 e. The van der Waals surface area contributed by atoms with Crippen LogP contribution in [0.15, 0.2) is 70.5 Å². The van der Waals surface area contributed by atoms with Crippen LogP contribution in [0.2, 0.25) is 0 Å². The average Bonchev–Trinajstić information content (AvgIpc) is 3.57. The van der Waals surface area contributed by atoms with E-state index in [9.17, 15) is 9.59 Å². The zero-order chi connectivity index (χ0) is 23.4. The van der Waals surface area contributed by atoms with Gasteiger partial charge in [0.25, 0.3) is 0 Å². The zero-order valence-electron chi connectivity index (χ0n) is 18.4. The Morgan fingerprint density at radius 2 is 1.26 bits per heavy atom. The summed E-state index contributed by atoms with van der Waals surface area (Å²) in [5, 5.41) is -0.0948. The Balaban J connectivity index is 1.35. The molecule has 0 unspecified atom stereocenters. The number of hydrogen-bond acceptors (Lipinski definition) is 6. The highest BCUT2D eigenvalue weighted by Crippen LogP contribution is 2.51. The number of aryl methyl sites for hydroxylation is 2. The van der Waals surface area contributed by atoms with Gasteiger partial charge in [0.1, 0.15) is 0 Å². The first-order valence-electron chi connectivity index (χ1n) is 10.7. The predicted molar refractivity (Wildman–Crippen MR) is 147 cm³/mol. The van der Waals surface area contributed by atoms with Gasteiger partial charge in [0.2, 0.25) is 10.2 Å². The lowest BCUT2D eigenvalue weighted by atomic mass is 9.95. The van der Waals surface area contributed by atoms with Gasteiger partial charge in [-0.3, -0.25) is 9.59 Å². The van der Waals surface area contributed by atoms with E-state index in [1.165, 1.54) is 38.2 Å². The van der Waals surface area contributed by atoms with E-state index >= 15 is 0 Å². The highest BCUT2D eigenvalue weighted by molar-refractivity contribution is 8.16. The number of benzene rings is 2. The molecule has 6 heteroatoms. The molecule has 2 aliphatic heterocycles. The Hall–Kier alpha value is -2.64. The molecule has 0 saturated carbocycles. The van der Waals surface area contributed by atoms with Crippen molar-refractivity contribution in [3.8, 4) is 10.4 Å². The Kier molecular flexibility index (Phi) is 5.49. The lowest BCUT2D eigenvalue weighted by molar-refractivity contribution is -0.107. The second-order valence-electron chi connectivity index (χ2n) is 8.22. The largest absolute Gasteiger partial charge is 0.281 e. The fourth-order valence-corrected chi connectivity index (χ4v) is 7.89. The molecule has 0 bridgehead atoms. The van der Waals surface area contributed by atoms with Crippen molar-refractivity contribution < 1.29 is 9.59 Å². The van der Waals surface area contributed by atoms with E-state index in [1.54, 1.807) is 22.7 Å². The first kappa shape index (κ1) is 21.9. The van der Waals surface area contributed by atoms with Crippen molar-refractivity contribution in [1.29, 1.82) is 0 Å². The molecule has 0 saturated heterocycles. The molecule has 0 aliphatic carbocycles. The van der Waals surface area contributed by atoms with Gasteiger partial charge in [-0.1, -0.05) is 24.3 Å². The molecule has 2 aromatic heterocycles. The van der Waals surface area contributed by atoms with Crippen LogP contribution in [0.4, 0.5) is 0 Å². The second-order valence-corrected chi connectivity index (χ2v) is 12.7. The lowest BCUT2D eigenvalue weighted by Gasteiger charge is -2.06. The normalized spacial score (nSPS) is 17.1. The van der Waals surface area contributed by atoms with Gasteiger partial charge in [0.05, 0.1) is 0 Å². The number of fused-ring (bicyclic) bond motifs is 2. The number of hydrogen-bond donors (Lipinski definition) is 0. The van der Waals surface area contributed by atoms with Crippen LogP contribution in [0.5, 0.6) is 0 Å². The molecule has 0 radical (unpaired) electrons. The topological polar surface area (TPSA) is 34.1 Å². The van der Waals surface area contributed by atoms with Gasteiger partial charge in [0.15, 0.2) is 0 Å². The number of thiophene rings is 2. The van der Waals surface area contributed by atoms with Crippen LogP contribution in [0.25, 0.3) is 33.7 Å². The van der Waals surface area contributed by atoms with E-state index < -0.39 is 0 Å². The Bertz CT molecular complexity index is 1560. The highest BCUT2D eigenvalue weighted by Gasteiger charge is 2.36. The molecular weight excluding hydrogens is 497 g/mol. The molecule has 34 heavy (non-hydrogen) atoms. The molecule has 4 aromatic rings. The van der Waals surface area contributed by atoms with Crippen LogP contribution in [-0.2, 0) is 9.59 Å². The van der Waals surface area contributed by atoms with Gasteiger partial charge in [-0.15, -0.1) is 22.7 Å². The van der Waals surface area contributed by atoms with E-state index in [2.05, 4.69) is 55.5 Å². The number of thioether (sulfide) groups is 2. The minimum atomic E-state index is -0.0504. The third kappa shape index (κ3) is 3.85. The minimum absolute atomic E-state index is 0.0444. The third-order valence-electron chi connectivity index (χ3n) is 5.81. The average molecular weight is 515 g/mol. The fraction of sp³-hybridized carbons (Fsp3) is 0.0714. The predicted octanol–water partition coefficient (Wildman–Crippen LogP) is 8.44. The molecule has 2 aliphatic rings. The molecular formula is C28H18O2S4. The first-order chi connectivity index (χ1) is 16.5. The van der Waals surface area contributed by atoms with Gasteiger partial charge in [-0.2, -0.15) is 0 Å². The Morgan fingerprint density at radius 3 is 1.94 bits per heavy atom. The SMILES string of the molecule is Cc1ccc2c(c1)SC(=O)/C2=C1/C(=O)Sc2cc(-c3ccc(/C=C/c4ccc(C)s4)s3)ccc21.